The van der Waals surface area contributed by atoms with E-state index >= 15 is 0 Å². The zero-order valence-electron chi connectivity index (χ0n) is 17.2. The molecule has 2 heterocycles. The van der Waals surface area contributed by atoms with Gasteiger partial charge in [0.05, 0.1) is 12.9 Å². The third kappa shape index (κ3) is 5.66. The van der Waals surface area contributed by atoms with Crippen LogP contribution in [0.3, 0.4) is 0 Å². The summed E-state index contributed by atoms with van der Waals surface area (Å²) in [5.41, 5.74) is 7.26. The van der Waals surface area contributed by atoms with Crippen molar-refractivity contribution in [3.05, 3.63) is 84.1 Å². The lowest BCUT2D eigenvalue weighted by Gasteiger charge is -2.11. The number of rotatable bonds is 6. The zero-order chi connectivity index (χ0) is 23.0. The number of hydrazine groups is 1. The molecule has 33 heavy (non-hydrogen) atoms. The van der Waals surface area contributed by atoms with Crippen LogP contribution in [0, 0.1) is 0 Å². The lowest BCUT2D eigenvalue weighted by Crippen LogP contribution is -2.48. The third-order valence-electron chi connectivity index (χ3n) is 4.57. The maximum Gasteiger partial charge on any atom is 0.290 e. The van der Waals surface area contributed by atoms with Gasteiger partial charge in [0.1, 0.15) is 17.6 Å². The molecule has 166 valence electrons. The molecule has 0 bridgehead atoms. The molecule has 0 spiro atoms. The predicted molar refractivity (Wildman–Crippen MR) is 124 cm³/mol. The number of aromatic nitrogens is 4. The molecule has 4 N–H and O–H groups in total. The number of hydrogen-bond donors (Lipinski definition) is 4. The molecule has 2 aromatic carbocycles. The van der Waals surface area contributed by atoms with Crippen molar-refractivity contribution in [1.82, 2.24) is 36.1 Å². The Hall–Kier alpha value is -4.38. The summed E-state index contributed by atoms with van der Waals surface area (Å²) < 4.78 is 5.72. The largest absolute Gasteiger partial charge is 0.493 e. The number of carbonyl (C=O) groups excluding carboxylic acids is 2. The SMILES string of the molecule is O=C(NC(=S)NNC(=O)c1ncnc2nc[nH]c12)c1ccc(OCCc2ccccc2)cc1. The summed E-state index contributed by atoms with van der Waals surface area (Å²) in [5.74, 6) is -0.346. The molecule has 0 fully saturated rings. The van der Waals surface area contributed by atoms with Gasteiger partial charge in [0, 0.05) is 12.0 Å². The Balaban J connectivity index is 1.24. The first-order valence-electron chi connectivity index (χ1n) is 9.92. The Morgan fingerprint density at radius 2 is 1.73 bits per heavy atom. The number of hydrogen-bond acceptors (Lipinski definition) is 7. The van der Waals surface area contributed by atoms with Crippen LogP contribution in [0.1, 0.15) is 26.4 Å². The van der Waals surface area contributed by atoms with E-state index in [1.165, 1.54) is 18.2 Å². The molecule has 10 nitrogen and oxygen atoms in total. The molecule has 4 rings (SSSR count). The number of carbonyl (C=O) groups is 2. The fraction of sp³-hybridized carbons (Fsp3) is 0.0909. The molecule has 11 heteroatoms. The van der Waals surface area contributed by atoms with E-state index in [0.717, 1.165) is 6.42 Å². The van der Waals surface area contributed by atoms with Gasteiger partial charge in [-0.3, -0.25) is 25.8 Å². The molecule has 0 aliphatic heterocycles. The average molecular weight is 462 g/mol. The van der Waals surface area contributed by atoms with Gasteiger partial charge in [-0.15, -0.1) is 0 Å². The number of amides is 2. The maximum atomic E-state index is 12.4. The topological polar surface area (TPSA) is 134 Å². The van der Waals surface area contributed by atoms with Gasteiger partial charge in [-0.25, -0.2) is 15.0 Å². The summed E-state index contributed by atoms with van der Waals surface area (Å²) in [7, 11) is 0. The fourth-order valence-electron chi connectivity index (χ4n) is 2.95. The zero-order valence-corrected chi connectivity index (χ0v) is 18.1. The quantitative estimate of drug-likeness (QED) is 0.253. The second kappa shape index (κ2) is 10.3. The Kier molecular flexibility index (Phi) is 6.81. The van der Waals surface area contributed by atoms with E-state index in [2.05, 4.69) is 36.1 Å². The first kappa shape index (κ1) is 21.8. The van der Waals surface area contributed by atoms with Crippen LogP contribution in [-0.4, -0.2) is 43.5 Å². The van der Waals surface area contributed by atoms with Gasteiger partial charge in [-0.05, 0) is 42.0 Å². The van der Waals surface area contributed by atoms with Gasteiger partial charge in [0.2, 0.25) is 0 Å². The molecule has 0 saturated carbocycles. The number of benzene rings is 2. The first-order valence-corrected chi connectivity index (χ1v) is 10.3. The lowest BCUT2D eigenvalue weighted by molar-refractivity contribution is 0.0931. The Morgan fingerprint density at radius 1 is 0.939 bits per heavy atom. The van der Waals surface area contributed by atoms with Crippen molar-refractivity contribution in [1.29, 1.82) is 0 Å². The number of nitrogens with one attached hydrogen (secondary N) is 4. The number of imidazole rings is 1. The minimum atomic E-state index is -0.569. The number of thiocarbonyl (C=S) groups is 1. The van der Waals surface area contributed by atoms with Crippen molar-refractivity contribution in [3.8, 4) is 5.75 Å². The van der Waals surface area contributed by atoms with E-state index in [4.69, 9.17) is 17.0 Å². The Morgan fingerprint density at radius 3 is 2.52 bits per heavy atom. The Labute approximate surface area is 193 Å². The summed E-state index contributed by atoms with van der Waals surface area (Å²) >= 11 is 5.07. The van der Waals surface area contributed by atoms with E-state index in [1.807, 2.05) is 30.3 Å². The number of H-pyrrole nitrogens is 1. The van der Waals surface area contributed by atoms with Crippen LogP contribution >= 0.6 is 12.2 Å². The van der Waals surface area contributed by atoms with Crippen molar-refractivity contribution in [2.75, 3.05) is 6.61 Å². The summed E-state index contributed by atoms with van der Waals surface area (Å²) in [6.07, 6.45) is 3.43. The van der Waals surface area contributed by atoms with Crippen LogP contribution in [0.2, 0.25) is 0 Å². The second-order valence-electron chi connectivity index (χ2n) is 6.79. The maximum absolute atomic E-state index is 12.4. The minimum Gasteiger partial charge on any atom is -0.493 e. The highest BCUT2D eigenvalue weighted by molar-refractivity contribution is 7.80. The number of fused-ring (bicyclic) bond motifs is 1. The highest BCUT2D eigenvalue weighted by atomic mass is 32.1. The predicted octanol–water partition coefficient (Wildman–Crippen LogP) is 1.92. The molecule has 2 aromatic heterocycles. The normalized spacial score (nSPS) is 10.4. The van der Waals surface area contributed by atoms with Crippen molar-refractivity contribution in [2.45, 2.75) is 6.42 Å². The van der Waals surface area contributed by atoms with E-state index in [9.17, 15) is 9.59 Å². The smallest absolute Gasteiger partial charge is 0.290 e. The van der Waals surface area contributed by atoms with E-state index < -0.39 is 11.8 Å². The molecule has 0 atom stereocenters. The molecular weight excluding hydrogens is 442 g/mol. The lowest BCUT2D eigenvalue weighted by atomic mass is 10.2. The summed E-state index contributed by atoms with van der Waals surface area (Å²) in [6, 6.07) is 16.7. The molecule has 0 radical (unpaired) electrons. The summed E-state index contributed by atoms with van der Waals surface area (Å²) in [6.45, 7) is 0.528. The highest BCUT2D eigenvalue weighted by Crippen LogP contribution is 2.13. The van der Waals surface area contributed by atoms with Gasteiger partial charge >= 0.3 is 0 Å². The summed E-state index contributed by atoms with van der Waals surface area (Å²) in [4.78, 5) is 39.4. The van der Waals surface area contributed by atoms with Crippen molar-refractivity contribution >= 4 is 40.3 Å². The number of ether oxygens (including phenoxy) is 1. The van der Waals surface area contributed by atoms with Gasteiger partial charge in [0.15, 0.2) is 16.5 Å². The van der Waals surface area contributed by atoms with Crippen LogP contribution in [-0.2, 0) is 6.42 Å². The van der Waals surface area contributed by atoms with E-state index in [1.54, 1.807) is 24.3 Å². The number of nitrogens with zero attached hydrogens (tertiary/aromatic N) is 3. The van der Waals surface area contributed by atoms with E-state index in [0.29, 0.717) is 29.1 Å². The van der Waals surface area contributed by atoms with Gasteiger partial charge in [0.25, 0.3) is 11.8 Å². The van der Waals surface area contributed by atoms with E-state index in [-0.39, 0.29) is 10.8 Å². The fourth-order valence-corrected chi connectivity index (χ4v) is 3.09. The van der Waals surface area contributed by atoms with Crippen molar-refractivity contribution < 1.29 is 14.3 Å². The van der Waals surface area contributed by atoms with Crippen LogP contribution in [0.15, 0.2) is 67.3 Å². The molecule has 0 unspecified atom stereocenters. The number of aromatic amines is 1. The van der Waals surface area contributed by atoms with Crippen LogP contribution in [0.5, 0.6) is 5.75 Å². The summed E-state index contributed by atoms with van der Waals surface area (Å²) in [5, 5.41) is 2.41. The van der Waals surface area contributed by atoms with Gasteiger partial charge in [-0.1, -0.05) is 30.3 Å². The minimum absolute atomic E-state index is 0.0774. The van der Waals surface area contributed by atoms with Crippen molar-refractivity contribution in [3.63, 3.8) is 0 Å². The van der Waals surface area contributed by atoms with Crippen LogP contribution in [0.25, 0.3) is 11.2 Å². The van der Waals surface area contributed by atoms with Crippen LogP contribution in [0.4, 0.5) is 0 Å². The molecule has 4 aromatic rings. The molecular formula is C22H19N7O3S. The molecule has 2 amide bonds. The van der Waals surface area contributed by atoms with Crippen LogP contribution < -0.4 is 20.9 Å². The molecule has 0 saturated heterocycles. The third-order valence-corrected chi connectivity index (χ3v) is 4.78. The Bertz CT molecular complexity index is 1280. The van der Waals surface area contributed by atoms with Gasteiger partial charge < -0.3 is 9.72 Å². The van der Waals surface area contributed by atoms with Crippen molar-refractivity contribution in [2.24, 2.45) is 0 Å². The average Bonchev–Trinajstić information content (AvgIpc) is 3.33. The monoisotopic (exact) mass is 461 g/mol. The van der Waals surface area contributed by atoms with Gasteiger partial charge in [-0.2, -0.15) is 0 Å². The first-order chi connectivity index (χ1) is 16.1. The molecule has 0 aliphatic carbocycles. The standard InChI is InChI=1S/C22H19N7O3S/c30-20(15-6-8-16(9-7-15)32-11-10-14-4-2-1-3-5-14)27-22(33)29-28-21(31)18-17-19(25-12-23-17)26-13-24-18/h1-9,12-13H,10-11H2,(H,28,31)(H,23,24,25,26)(H2,27,29,30,33). The second-order valence-corrected chi connectivity index (χ2v) is 7.20. The highest BCUT2D eigenvalue weighted by Gasteiger charge is 2.15. The molecule has 0 aliphatic rings.